The molecule has 0 fully saturated rings. The zero-order valence-corrected chi connectivity index (χ0v) is 14.6. The first kappa shape index (κ1) is 17.6. The number of pyridine rings is 1. The number of amides is 1. The van der Waals surface area contributed by atoms with Crippen LogP contribution in [0.25, 0.3) is 0 Å². The van der Waals surface area contributed by atoms with E-state index in [1.165, 1.54) is 0 Å². The van der Waals surface area contributed by atoms with Gasteiger partial charge in [0.15, 0.2) is 11.5 Å². The van der Waals surface area contributed by atoms with E-state index in [4.69, 9.17) is 9.47 Å². The standard InChI is InChI=1S/C18H23N3O3/c1-18(2,3)21-17(22)14-8-6-13(11-19-14)20-12-7-9-15(23-4)16(10-12)24-5/h6-11,20H,1-5H3,(H,21,22). The Hall–Kier alpha value is -2.76. The predicted octanol–water partition coefficient (Wildman–Crippen LogP) is 3.37. The Morgan fingerprint density at radius 3 is 2.21 bits per heavy atom. The third-order valence-electron chi connectivity index (χ3n) is 3.16. The summed E-state index contributed by atoms with van der Waals surface area (Å²) in [5.41, 5.74) is 1.69. The average molecular weight is 329 g/mol. The van der Waals surface area contributed by atoms with Gasteiger partial charge in [-0.2, -0.15) is 0 Å². The molecule has 0 saturated carbocycles. The van der Waals surface area contributed by atoms with Crippen molar-refractivity contribution in [3.05, 3.63) is 42.2 Å². The van der Waals surface area contributed by atoms with Crippen LogP contribution in [0.5, 0.6) is 11.5 Å². The molecule has 0 aliphatic heterocycles. The first-order chi connectivity index (χ1) is 11.3. The molecule has 0 radical (unpaired) electrons. The van der Waals surface area contributed by atoms with E-state index in [2.05, 4.69) is 15.6 Å². The Bertz CT molecular complexity index is 706. The lowest BCUT2D eigenvalue weighted by Crippen LogP contribution is -2.40. The van der Waals surface area contributed by atoms with Crippen LogP contribution in [0.1, 0.15) is 31.3 Å². The topological polar surface area (TPSA) is 72.5 Å². The highest BCUT2D eigenvalue weighted by Gasteiger charge is 2.16. The van der Waals surface area contributed by atoms with Crippen LogP contribution in [-0.4, -0.2) is 30.6 Å². The third kappa shape index (κ3) is 4.62. The summed E-state index contributed by atoms with van der Waals surface area (Å²) >= 11 is 0. The second kappa shape index (κ2) is 7.21. The molecule has 128 valence electrons. The molecule has 2 aromatic rings. The zero-order valence-electron chi connectivity index (χ0n) is 14.6. The number of hydrogen-bond donors (Lipinski definition) is 2. The van der Waals surface area contributed by atoms with Crippen molar-refractivity contribution in [1.29, 1.82) is 0 Å². The van der Waals surface area contributed by atoms with E-state index in [9.17, 15) is 4.79 Å². The molecule has 1 aromatic carbocycles. The van der Waals surface area contributed by atoms with Crippen molar-refractivity contribution >= 4 is 17.3 Å². The first-order valence-electron chi connectivity index (χ1n) is 7.60. The summed E-state index contributed by atoms with van der Waals surface area (Å²) in [5.74, 6) is 1.10. The van der Waals surface area contributed by atoms with Crippen molar-refractivity contribution < 1.29 is 14.3 Å². The fraction of sp³-hybridized carbons (Fsp3) is 0.333. The van der Waals surface area contributed by atoms with Gasteiger partial charge >= 0.3 is 0 Å². The molecule has 2 rings (SSSR count). The summed E-state index contributed by atoms with van der Waals surface area (Å²) < 4.78 is 10.5. The van der Waals surface area contributed by atoms with Gasteiger partial charge in [0.1, 0.15) is 5.69 Å². The van der Waals surface area contributed by atoms with Crippen LogP contribution in [0, 0.1) is 0 Å². The van der Waals surface area contributed by atoms with Crippen LogP contribution < -0.4 is 20.1 Å². The largest absolute Gasteiger partial charge is 0.493 e. The molecule has 1 aromatic heterocycles. The average Bonchev–Trinajstić information content (AvgIpc) is 2.53. The van der Waals surface area contributed by atoms with Crippen molar-refractivity contribution in [2.45, 2.75) is 26.3 Å². The highest BCUT2D eigenvalue weighted by atomic mass is 16.5. The molecule has 24 heavy (non-hydrogen) atoms. The van der Waals surface area contributed by atoms with Gasteiger partial charge in [0.05, 0.1) is 26.1 Å². The number of benzene rings is 1. The summed E-state index contributed by atoms with van der Waals surface area (Å²) in [6, 6.07) is 9.02. The maximum Gasteiger partial charge on any atom is 0.270 e. The number of nitrogens with one attached hydrogen (secondary N) is 2. The summed E-state index contributed by atoms with van der Waals surface area (Å²) in [6.07, 6.45) is 1.62. The van der Waals surface area contributed by atoms with Crippen LogP contribution in [0.3, 0.4) is 0 Å². The molecule has 0 aliphatic carbocycles. The molecule has 0 saturated heterocycles. The van der Waals surface area contributed by atoms with Crippen molar-refractivity contribution in [1.82, 2.24) is 10.3 Å². The number of anilines is 2. The van der Waals surface area contributed by atoms with Crippen molar-refractivity contribution in [3.63, 3.8) is 0 Å². The van der Waals surface area contributed by atoms with Crippen LogP contribution in [0.4, 0.5) is 11.4 Å². The molecular formula is C18H23N3O3. The summed E-state index contributed by atoms with van der Waals surface area (Å²) in [4.78, 5) is 16.3. The van der Waals surface area contributed by atoms with Crippen molar-refractivity contribution in [2.24, 2.45) is 0 Å². The molecule has 1 heterocycles. The van der Waals surface area contributed by atoms with Crippen molar-refractivity contribution in [3.8, 4) is 11.5 Å². The van der Waals surface area contributed by atoms with Crippen molar-refractivity contribution in [2.75, 3.05) is 19.5 Å². The number of rotatable bonds is 5. The maximum atomic E-state index is 12.1. The second-order valence-corrected chi connectivity index (χ2v) is 6.33. The van der Waals surface area contributed by atoms with Crippen LogP contribution >= 0.6 is 0 Å². The molecule has 0 aliphatic rings. The SMILES string of the molecule is COc1ccc(Nc2ccc(C(=O)NC(C)(C)C)nc2)cc1OC. The van der Waals surface area contributed by atoms with Gasteiger partial charge in [-0.15, -0.1) is 0 Å². The number of ether oxygens (including phenoxy) is 2. The minimum absolute atomic E-state index is 0.194. The number of hydrogen-bond acceptors (Lipinski definition) is 5. The molecule has 6 nitrogen and oxygen atoms in total. The molecule has 2 N–H and O–H groups in total. The van der Waals surface area contributed by atoms with Crippen LogP contribution in [-0.2, 0) is 0 Å². The van der Waals surface area contributed by atoms with Gasteiger partial charge in [0.2, 0.25) is 0 Å². The minimum Gasteiger partial charge on any atom is -0.493 e. The summed E-state index contributed by atoms with van der Waals surface area (Å²) in [7, 11) is 3.18. The molecule has 6 heteroatoms. The second-order valence-electron chi connectivity index (χ2n) is 6.33. The van der Waals surface area contributed by atoms with E-state index in [0.717, 1.165) is 11.4 Å². The van der Waals surface area contributed by atoms with E-state index in [0.29, 0.717) is 17.2 Å². The third-order valence-corrected chi connectivity index (χ3v) is 3.16. The maximum absolute atomic E-state index is 12.1. The van der Waals surface area contributed by atoms with E-state index < -0.39 is 0 Å². The minimum atomic E-state index is -0.296. The summed E-state index contributed by atoms with van der Waals surface area (Å²) in [5, 5.41) is 6.09. The van der Waals surface area contributed by atoms with E-state index in [1.807, 2.05) is 39.0 Å². The molecule has 0 bridgehead atoms. The van der Waals surface area contributed by atoms with Crippen LogP contribution in [0.15, 0.2) is 36.5 Å². The Labute approximate surface area is 142 Å². The van der Waals surface area contributed by atoms with Gasteiger partial charge in [-0.3, -0.25) is 4.79 Å². The Morgan fingerprint density at radius 1 is 1.00 bits per heavy atom. The highest BCUT2D eigenvalue weighted by molar-refractivity contribution is 5.93. The lowest BCUT2D eigenvalue weighted by atomic mass is 10.1. The highest BCUT2D eigenvalue weighted by Crippen LogP contribution is 2.30. The Kier molecular flexibility index (Phi) is 5.28. The zero-order chi connectivity index (χ0) is 17.7. The monoisotopic (exact) mass is 329 g/mol. The molecule has 0 atom stereocenters. The molecule has 0 unspecified atom stereocenters. The van der Waals surface area contributed by atoms with Gasteiger partial charge < -0.3 is 20.1 Å². The number of aromatic nitrogens is 1. The number of nitrogens with zero attached hydrogens (tertiary/aromatic N) is 1. The predicted molar refractivity (Wildman–Crippen MR) is 94.3 cm³/mol. The van der Waals surface area contributed by atoms with Gasteiger partial charge in [-0.05, 0) is 45.0 Å². The fourth-order valence-corrected chi connectivity index (χ4v) is 2.09. The van der Waals surface area contributed by atoms with Crippen LogP contribution in [0.2, 0.25) is 0 Å². The quantitative estimate of drug-likeness (QED) is 0.880. The number of methoxy groups -OCH3 is 2. The van der Waals surface area contributed by atoms with Gasteiger partial charge in [-0.25, -0.2) is 4.98 Å². The molecular weight excluding hydrogens is 306 g/mol. The lowest BCUT2D eigenvalue weighted by molar-refractivity contribution is 0.0914. The van der Waals surface area contributed by atoms with Gasteiger partial charge in [-0.1, -0.05) is 0 Å². The smallest absolute Gasteiger partial charge is 0.270 e. The van der Waals surface area contributed by atoms with E-state index in [1.54, 1.807) is 32.5 Å². The van der Waals surface area contributed by atoms with Gasteiger partial charge in [0.25, 0.3) is 5.91 Å². The number of carbonyl (C=O) groups is 1. The number of carbonyl (C=O) groups excluding carboxylic acids is 1. The Balaban J connectivity index is 2.10. The lowest BCUT2D eigenvalue weighted by Gasteiger charge is -2.20. The van der Waals surface area contributed by atoms with E-state index >= 15 is 0 Å². The Morgan fingerprint density at radius 2 is 1.67 bits per heavy atom. The summed E-state index contributed by atoms with van der Waals surface area (Å²) in [6.45, 7) is 5.79. The van der Waals surface area contributed by atoms with E-state index in [-0.39, 0.29) is 11.4 Å². The first-order valence-corrected chi connectivity index (χ1v) is 7.60. The molecule has 0 spiro atoms. The normalized spacial score (nSPS) is 10.9. The molecule has 1 amide bonds. The fourth-order valence-electron chi connectivity index (χ4n) is 2.09. The van der Waals surface area contributed by atoms with Gasteiger partial charge in [0, 0.05) is 17.3 Å².